The molecule has 31 heavy (non-hydrogen) atoms. The molecule has 1 N–H and O–H groups in total. The standard InChI is InChI=1S/C25H28N4O2/c1-2-28(14-17-11-12-29(15-17)25(31)20-7-8-20)24(30)19-5-3-18(4-6-19)21-9-10-22-23(13-21)27-16-26-22/h3-6,9-10,13,16-17,20H,2,7-8,11-12,14-15H2,1H3,(H,26,27)/t17-/m0/s1. The number of amides is 2. The highest BCUT2D eigenvalue weighted by molar-refractivity contribution is 5.95. The molecule has 1 aliphatic heterocycles. The number of rotatable bonds is 6. The first-order valence-electron chi connectivity index (χ1n) is 11.2. The van der Waals surface area contributed by atoms with Crippen LogP contribution in [0.25, 0.3) is 22.2 Å². The number of nitrogens with one attached hydrogen (secondary N) is 1. The summed E-state index contributed by atoms with van der Waals surface area (Å²) in [5.74, 6) is 1.02. The lowest BCUT2D eigenvalue weighted by atomic mass is 10.0. The summed E-state index contributed by atoms with van der Waals surface area (Å²) < 4.78 is 0. The molecule has 3 aromatic rings. The molecule has 6 heteroatoms. The van der Waals surface area contributed by atoms with E-state index in [-0.39, 0.29) is 11.8 Å². The van der Waals surface area contributed by atoms with E-state index in [1.54, 1.807) is 6.33 Å². The molecule has 0 spiro atoms. The lowest BCUT2D eigenvalue weighted by Crippen LogP contribution is -2.37. The van der Waals surface area contributed by atoms with Gasteiger partial charge in [-0.15, -0.1) is 0 Å². The summed E-state index contributed by atoms with van der Waals surface area (Å²) in [5.41, 5.74) is 4.79. The van der Waals surface area contributed by atoms with E-state index in [9.17, 15) is 9.59 Å². The van der Waals surface area contributed by atoms with Gasteiger partial charge in [0.25, 0.3) is 5.91 Å². The summed E-state index contributed by atoms with van der Waals surface area (Å²) in [6.45, 7) is 5.02. The average Bonchev–Trinajstić information content (AvgIpc) is 3.37. The van der Waals surface area contributed by atoms with Gasteiger partial charge in [0, 0.05) is 37.7 Å². The Morgan fingerprint density at radius 3 is 2.61 bits per heavy atom. The van der Waals surface area contributed by atoms with E-state index in [4.69, 9.17) is 0 Å². The Labute approximate surface area is 182 Å². The molecule has 2 fully saturated rings. The second-order valence-electron chi connectivity index (χ2n) is 8.77. The van der Waals surface area contributed by atoms with Crippen molar-refractivity contribution in [3.8, 4) is 11.1 Å². The number of imidazole rings is 1. The third-order valence-corrected chi connectivity index (χ3v) is 6.56. The predicted octanol–water partition coefficient (Wildman–Crippen LogP) is 3.95. The molecular formula is C25H28N4O2. The molecule has 1 saturated carbocycles. The molecule has 6 nitrogen and oxygen atoms in total. The van der Waals surface area contributed by atoms with Crippen LogP contribution in [-0.4, -0.2) is 57.8 Å². The summed E-state index contributed by atoms with van der Waals surface area (Å²) in [6.07, 6.45) is 4.77. The number of aromatic amines is 1. The minimum absolute atomic E-state index is 0.0590. The van der Waals surface area contributed by atoms with Gasteiger partial charge in [0.1, 0.15) is 0 Å². The molecule has 0 unspecified atom stereocenters. The number of fused-ring (bicyclic) bond motifs is 1. The number of carbonyl (C=O) groups excluding carboxylic acids is 2. The third kappa shape index (κ3) is 4.07. The number of H-pyrrole nitrogens is 1. The van der Waals surface area contributed by atoms with Crippen LogP contribution in [0, 0.1) is 11.8 Å². The smallest absolute Gasteiger partial charge is 0.253 e. The van der Waals surface area contributed by atoms with E-state index < -0.39 is 0 Å². The molecule has 160 valence electrons. The number of carbonyl (C=O) groups is 2. The summed E-state index contributed by atoms with van der Waals surface area (Å²) in [7, 11) is 0. The first-order valence-corrected chi connectivity index (χ1v) is 11.2. The number of benzene rings is 2. The second kappa shape index (κ2) is 8.17. The Morgan fingerprint density at radius 1 is 1.10 bits per heavy atom. The Balaban J connectivity index is 1.24. The van der Waals surface area contributed by atoms with Crippen molar-refractivity contribution < 1.29 is 9.59 Å². The number of likely N-dealkylation sites (tertiary alicyclic amines) is 1. The van der Waals surface area contributed by atoms with E-state index in [2.05, 4.69) is 22.1 Å². The van der Waals surface area contributed by atoms with Gasteiger partial charge in [-0.1, -0.05) is 18.2 Å². The molecule has 1 saturated heterocycles. The van der Waals surface area contributed by atoms with Crippen molar-refractivity contribution in [3.05, 3.63) is 54.4 Å². The minimum atomic E-state index is 0.0590. The van der Waals surface area contributed by atoms with Crippen molar-refractivity contribution in [2.75, 3.05) is 26.2 Å². The first kappa shape index (κ1) is 19.8. The van der Waals surface area contributed by atoms with Crippen LogP contribution in [0.15, 0.2) is 48.8 Å². The van der Waals surface area contributed by atoms with Crippen molar-refractivity contribution in [3.63, 3.8) is 0 Å². The maximum atomic E-state index is 13.1. The zero-order valence-corrected chi connectivity index (χ0v) is 17.9. The molecule has 0 radical (unpaired) electrons. The fourth-order valence-corrected chi connectivity index (χ4v) is 4.54. The molecular weight excluding hydrogens is 388 g/mol. The summed E-state index contributed by atoms with van der Waals surface area (Å²) >= 11 is 0. The molecule has 0 bridgehead atoms. The molecule has 1 aliphatic carbocycles. The van der Waals surface area contributed by atoms with Crippen LogP contribution < -0.4 is 0 Å². The van der Waals surface area contributed by atoms with Gasteiger partial charge in [0.15, 0.2) is 0 Å². The Hall–Kier alpha value is -3.15. The highest BCUT2D eigenvalue weighted by Gasteiger charge is 2.37. The second-order valence-corrected chi connectivity index (χ2v) is 8.77. The molecule has 1 atom stereocenters. The topological polar surface area (TPSA) is 69.3 Å². The van der Waals surface area contributed by atoms with Crippen molar-refractivity contribution in [2.45, 2.75) is 26.2 Å². The van der Waals surface area contributed by atoms with Crippen LogP contribution in [0.5, 0.6) is 0 Å². The predicted molar refractivity (Wildman–Crippen MR) is 121 cm³/mol. The zero-order chi connectivity index (χ0) is 21.4. The third-order valence-electron chi connectivity index (χ3n) is 6.56. The van der Waals surface area contributed by atoms with Crippen LogP contribution in [0.3, 0.4) is 0 Å². The highest BCUT2D eigenvalue weighted by Crippen LogP contribution is 2.33. The van der Waals surface area contributed by atoms with Crippen molar-refractivity contribution in [1.82, 2.24) is 19.8 Å². The molecule has 2 heterocycles. The van der Waals surface area contributed by atoms with Gasteiger partial charge >= 0.3 is 0 Å². The molecule has 2 amide bonds. The fraction of sp³-hybridized carbons (Fsp3) is 0.400. The summed E-state index contributed by atoms with van der Waals surface area (Å²) in [4.78, 5) is 36.8. The molecule has 2 aliphatic rings. The van der Waals surface area contributed by atoms with Gasteiger partial charge in [0.2, 0.25) is 5.91 Å². The number of nitrogens with zero attached hydrogens (tertiary/aromatic N) is 3. The minimum Gasteiger partial charge on any atom is -0.345 e. The van der Waals surface area contributed by atoms with Gasteiger partial charge < -0.3 is 14.8 Å². The normalized spacial score (nSPS) is 18.5. The summed E-state index contributed by atoms with van der Waals surface area (Å²) in [6, 6.07) is 14.0. The first-order chi connectivity index (χ1) is 15.1. The molecule has 5 rings (SSSR count). The number of hydrogen-bond acceptors (Lipinski definition) is 3. The average molecular weight is 417 g/mol. The van der Waals surface area contributed by atoms with Gasteiger partial charge in [-0.3, -0.25) is 9.59 Å². The fourth-order valence-electron chi connectivity index (χ4n) is 4.54. The SMILES string of the molecule is CCN(C[C@@H]1CCN(C(=O)C2CC2)C1)C(=O)c1ccc(-c2ccc3[nH]cnc3c2)cc1. The van der Waals surface area contributed by atoms with E-state index >= 15 is 0 Å². The Bertz CT molecular complexity index is 1100. The molecule has 1 aromatic heterocycles. The van der Waals surface area contributed by atoms with Crippen LogP contribution in [-0.2, 0) is 4.79 Å². The zero-order valence-electron chi connectivity index (χ0n) is 17.9. The van der Waals surface area contributed by atoms with Crippen LogP contribution >= 0.6 is 0 Å². The quantitative estimate of drug-likeness (QED) is 0.662. The number of hydrogen-bond donors (Lipinski definition) is 1. The van der Waals surface area contributed by atoms with Crippen LogP contribution in [0.1, 0.15) is 36.5 Å². The largest absolute Gasteiger partial charge is 0.345 e. The molecule has 2 aromatic carbocycles. The van der Waals surface area contributed by atoms with Crippen molar-refractivity contribution >= 4 is 22.8 Å². The van der Waals surface area contributed by atoms with Crippen molar-refractivity contribution in [1.29, 1.82) is 0 Å². The number of aromatic nitrogens is 2. The van der Waals surface area contributed by atoms with Gasteiger partial charge in [-0.25, -0.2) is 4.98 Å². The van der Waals surface area contributed by atoms with Crippen LogP contribution in [0.4, 0.5) is 0 Å². The van der Waals surface area contributed by atoms with Gasteiger partial charge in [-0.05, 0) is 67.5 Å². The highest BCUT2D eigenvalue weighted by atomic mass is 16.2. The summed E-state index contributed by atoms with van der Waals surface area (Å²) in [5, 5.41) is 0. The maximum Gasteiger partial charge on any atom is 0.253 e. The van der Waals surface area contributed by atoms with Gasteiger partial charge in [-0.2, -0.15) is 0 Å². The van der Waals surface area contributed by atoms with E-state index in [0.29, 0.717) is 30.5 Å². The van der Waals surface area contributed by atoms with E-state index in [1.807, 2.05) is 47.1 Å². The van der Waals surface area contributed by atoms with E-state index in [0.717, 1.165) is 54.5 Å². The van der Waals surface area contributed by atoms with E-state index in [1.165, 1.54) is 0 Å². The monoisotopic (exact) mass is 416 g/mol. The van der Waals surface area contributed by atoms with Crippen molar-refractivity contribution in [2.24, 2.45) is 11.8 Å². The Morgan fingerprint density at radius 2 is 1.87 bits per heavy atom. The lowest BCUT2D eigenvalue weighted by molar-refractivity contribution is -0.131. The maximum absolute atomic E-state index is 13.1. The Kier molecular flexibility index (Phi) is 5.22. The lowest BCUT2D eigenvalue weighted by Gasteiger charge is -2.25. The van der Waals surface area contributed by atoms with Gasteiger partial charge in [0.05, 0.1) is 17.4 Å². The van der Waals surface area contributed by atoms with Crippen LogP contribution in [0.2, 0.25) is 0 Å².